The highest BCUT2D eigenvalue weighted by Gasteiger charge is 2.37. The van der Waals surface area contributed by atoms with Crippen molar-refractivity contribution in [2.75, 3.05) is 19.6 Å². The average molecular weight is 295 g/mol. The first-order valence-corrected chi connectivity index (χ1v) is 7.40. The smallest absolute Gasteiger partial charge is 0.230 e. The van der Waals surface area contributed by atoms with Crippen LogP contribution in [0.3, 0.4) is 0 Å². The van der Waals surface area contributed by atoms with Gasteiger partial charge in [-0.05, 0) is 36.9 Å². The van der Waals surface area contributed by atoms with Crippen LogP contribution in [0.2, 0.25) is 0 Å². The van der Waals surface area contributed by atoms with Crippen molar-refractivity contribution in [2.45, 2.75) is 38.1 Å². The topological polar surface area (TPSA) is 32.3 Å². The summed E-state index contributed by atoms with van der Waals surface area (Å²) in [5.41, 5.74) is 2.60. The van der Waals surface area contributed by atoms with Gasteiger partial charge in [0.1, 0.15) is 0 Å². The van der Waals surface area contributed by atoms with Gasteiger partial charge >= 0.3 is 0 Å². The summed E-state index contributed by atoms with van der Waals surface area (Å²) >= 11 is 0. The average Bonchev–Trinajstić information content (AvgIpc) is 2.91. The van der Waals surface area contributed by atoms with Crippen LogP contribution >= 0.6 is 12.4 Å². The Kier molecular flexibility index (Phi) is 5.06. The molecule has 0 spiro atoms. The first kappa shape index (κ1) is 15.3. The number of nitrogens with zero attached hydrogens (tertiary/aromatic N) is 1. The lowest BCUT2D eigenvalue weighted by atomic mass is 9.76. The van der Waals surface area contributed by atoms with Crippen molar-refractivity contribution in [2.24, 2.45) is 0 Å². The monoisotopic (exact) mass is 294 g/mol. The van der Waals surface area contributed by atoms with E-state index in [1.165, 1.54) is 11.1 Å². The summed E-state index contributed by atoms with van der Waals surface area (Å²) in [4.78, 5) is 14.9. The van der Waals surface area contributed by atoms with E-state index in [9.17, 15) is 4.79 Å². The molecule has 3 nitrogen and oxygen atoms in total. The molecule has 2 unspecified atom stereocenters. The molecule has 1 aliphatic heterocycles. The molecule has 3 rings (SSSR count). The summed E-state index contributed by atoms with van der Waals surface area (Å²) in [7, 11) is 0. The molecule has 1 fully saturated rings. The van der Waals surface area contributed by atoms with Gasteiger partial charge in [0.05, 0.1) is 5.92 Å². The van der Waals surface area contributed by atoms with Crippen molar-refractivity contribution in [1.29, 1.82) is 0 Å². The van der Waals surface area contributed by atoms with Gasteiger partial charge in [0.25, 0.3) is 0 Å². The van der Waals surface area contributed by atoms with Crippen molar-refractivity contribution in [3.8, 4) is 0 Å². The first-order chi connectivity index (χ1) is 9.31. The Morgan fingerprint density at radius 1 is 1.40 bits per heavy atom. The lowest BCUT2D eigenvalue weighted by Gasteiger charge is -2.36. The fourth-order valence-electron chi connectivity index (χ4n) is 3.30. The number of fused-ring (bicyclic) bond motifs is 1. The maximum absolute atomic E-state index is 12.8. The van der Waals surface area contributed by atoms with E-state index in [4.69, 9.17) is 0 Å². The molecule has 0 bridgehead atoms. The molecule has 1 saturated heterocycles. The number of carbonyl (C=O) groups is 1. The normalized spacial score (nSPS) is 23.4. The summed E-state index contributed by atoms with van der Waals surface area (Å²) in [6.07, 6.45) is 3.06. The lowest BCUT2D eigenvalue weighted by molar-refractivity contribution is -0.135. The maximum Gasteiger partial charge on any atom is 0.230 e. The molecule has 20 heavy (non-hydrogen) atoms. The summed E-state index contributed by atoms with van der Waals surface area (Å²) < 4.78 is 0. The van der Waals surface area contributed by atoms with Gasteiger partial charge in [-0.3, -0.25) is 4.79 Å². The predicted molar refractivity (Wildman–Crippen MR) is 83.4 cm³/mol. The predicted octanol–water partition coefficient (Wildman–Crippen LogP) is 2.35. The molecular weight excluding hydrogens is 272 g/mol. The largest absolute Gasteiger partial charge is 0.338 e. The third-order valence-corrected chi connectivity index (χ3v) is 4.38. The second-order valence-electron chi connectivity index (χ2n) is 5.63. The van der Waals surface area contributed by atoms with Crippen LogP contribution in [0.15, 0.2) is 24.3 Å². The molecule has 0 radical (unpaired) electrons. The standard InChI is InChI=1S/C16H22N2O.ClH/c1-2-9-18(13-7-8-17-11-13)16(19)15-10-12-5-3-4-6-14(12)15;/h3-6,13,15,17H,2,7-11H2,1H3;1H. The number of halogens is 1. The van der Waals surface area contributed by atoms with Crippen LogP contribution in [-0.4, -0.2) is 36.5 Å². The van der Waals surface area contributed by atoms with E-state index in [1.807, 2.05) is 6.07 Å². The van der Waals surface area contributed by atoms with Crippen LogP contribution in [0.25, 0.3) is 0 Å². The van der Waals surface area contributed by atoms with Crippen LogP contribution in [0, 0.1) is 0 Å². The van der Waals surface area contributed by atoms with Gasteiger partial charge in [-0.15, -0.1) is 12.4 Å². The zero-order valence-corrected chi connectivity index (χ0v) is 12.8. The Morgan fingerprint density at radius 2 is 2.20 bits per heavy atom. The molecule has 1 aromatic carbocycles. The van der Waals surface area contributed by atoms with Crippen molar-refractivity contribution < 1.29 is 4.79 Å². The molecule has 1 amide bonds. The Labute approximate surface area is 127 Å². The summed E-state index contributed by atoms with van der Waals surface area (Å²) in [6.45, 7) is 5.04. The molecule has 1 aromatic rings. The van der Waals surface area contributed by atoms with E-state index in [0.29, 0.717) is 11.9 Å². The van der Waals surface area contributed by atoms with Crippen LogP contribution in [0.4, 0.5) is 0 Å². The molecule has 4 heteroatoms. The third kappa shape index (κ3) is 2.70. The molecule has 110 valence electrons. The zero-order chi connectivity index (χ0) is 13.2. The van der Waals surface area contributed by atoms with Gasteiger partial charge in [-0.25, -0.2) is 0 Å². The molecule has 1 N–H and O–H groups in total. The second-order valence-corrected chi connectivity index (χ2v) is 5.63. The van der Waals surface area contributed by atoms with E-state index in [1.54, 1.807) is 0 Å². The second kappa shape index (κ2) is 6.59. The van der Waals surface area contributed by atoms with Crippen LogP contribution in [0.1, 0.15) is 36.8 Å². The Bertz CT molecular complexity index is 471. The quantitative estimate of drug-likeness (QED) is 0.924. The van der Waals surface area contributed by atoms with Crippen molar-refractivity contribution in [1.82, 2.24) is 10.2 Å². The SMILES string of the molecule is CCCN(C(=O)C1Cc2ccccc21)C1CCNC1.Cl. The number of carbonyl (C=O) groups excluding carboxylic acids is 1. The highest BCUT2D eigenvalue weighted by Crippen LogP contribution is 2.36. The molecule has 2 aliphatic rings. The summed E-state index contributed by atoms with van der Waals surface area (Å²) in [5.74, 6) is 0.456. The summed E-state index contributed by atoms with van der Waals surface area (Å²) in [6, 6.07) is 8.75. The minimum atomic E-state index is 0. The number of hydrogen-bond donors (Lipinski definition) is 1. The van der Waals surface area contributed by atoms with E-state index >= 15 is 0 Å². The molecule has 2 atom stereocenters. The Balaban J connectivity index is 0.00000147. The Morgan fingerprint density at radius 3 is 2.85 bits per heavy atom. The van der Waals surface area contributed by atoms with Crippen molar-refractivity contribution >= 4 is 18.3 Å². The van der Waals surface area contributed by atoms with E-state index in [2.05, 4.69) is 35.3 Å². The molecule has 0 saturated carbocycles. The minimum Gasteiger partial charge on any atom is -0.338 e. The van der Waals surface area contributed by atoms with Crippen LogP contribution in [0.5, 0.6) is 0 Å². The number of nitrogens with one attached hydrogen (secondary N) is 1. The molecule has 1 heterocycles. The first-order valence-electron chi connectivity index (χ1n) is 7.40. The zero-order valence-electron chi connectivity index (χ0n) is 12.0. The Hall–Kier alpha value is -1.06. The van der Waals surface area contributed by atoms with Crippen molar-refractivity contribution in [3.05, 3.63) is 35.4 Å². The minimum absolute atomic E-state index is 0. The van der Waals surface area contributed by atoms with Gasteiger partial charge in [0.2, 0.25) is 5.91 Å². The molecular formula is C16H23ClN2O. The van der Waals surface area contributed by atoms with Crippen molar-refractivity contribution in [3.63, 3.8) is 0 Å². The van der Waals surface area contributed by atoms with Gasteiger partial charge in [0.15, 0.2) is 0 Å². The van der Waals surface area contributed by atoms with E-state index in [-0.39, 0.29) is 18.3 Å². The van der Waals surface area contributed by atoms with E-state index < -0.39 is 0 Å². The van der Waals surface area contributed by atoms with Gasteiger partial charge in [-0.2, -0.15) is 0 Å². The fourth-order valence-corrected chi connectivity index (χ4v) is 3.30. The third-order valence-electron chi connectivity index (χ3n) is 4.38. The molecule has 0 aromatic heterocycles. The van der Waals surface area contributed by atoms with Crippen LogP contribution in [-0.2, 0) is 11.2 Å². The number of rotatable bonds is 4. The maximum atomic E-state index is 12.8. The molecule has 1 aliphatic carbocycles. The fraction of sp³-hybridized carbons (Fsp3) is 0.562. The van der Waals surface area contributed by atoms with Crippen LogP contribution < -0.4 is 5.32 Å². The highest BCUT2D eigenvalue weighted by molar-refractivity contribution is 5.87. The lowest BCUT2D eigenvalue weighted by Crippen LogP contribution is -2.46. The van der Waals surface area contributed by atoms with Gasteiger partial charge in [-0.1, -0.05) is 31.2 Å². The highest BCUT2D eigenvalue weighted by atomic mass is 35.5. The number of benzene rings is 1. The number of hydrogen-bond acceptors (Lipinski definition) is 2. The van der Waals surface area contributed by atoms with E-state index in [0.717, 1.165) is 38.9 Å². The number of amides is 1. The van der Waals surface area contributed by atoms with Gasteiger partial charge in [0, 0.05) is 19.1 Å². The summed E-state index contributed by atoms with van der Waals surface area (Å²) in [5, 5.41) is 3.37. The van der Waals surface area contributed by atoms with Gasteiger partial charge < -0.3 is 10.2 Å².